The first-order valence-electron chi connectivity index (χ1n) is 4.75. The zero-order valence-electron chi connectivity index (χ0n) is 8.96. The Balaban J connectivity index is 2.67. The number of nitrogens with zero attached hydrogens (tertiary/aromatic N) is 2. The van der Waals surface area contributed by atoms with E-state index in [1.165, 1.54) is 0 Å². The van der Waals surface area contributed by atoms with E-state index in [2.05, 4.69) is 20.9 Å². The second-order valence-corrected chi connectivity index (χ2v) is 4.90. The van der Waals surface area contributed by atoms with Gasteiger partial charge in [-0.3, -0.25) is 0 Å². The number of nitrogens with two attached hydrogens (primary N) is 1. The van der Waals surface area contributed by atoms with Crippen LogP contribution in [0.25, 0.3) is 11.3 Å². The maximum Gasteiger partial charge on any atom is 0.131 e. The number of anilines is 1. The van der Waals surface area contributed by atoms with Crippen LogP contribution in [0.4, 0.5) is 5.82 Å². The normalized spacial score (nSPS) is 10.8. The number of aromatic nitrogens is 2. The third-order valence-corrected chi connectivity index (χ3v) is 3.37. The molecule has 3 nitrogen and oxygen atoms in total. The Hall–Kier alpha value is -1.00. The molecule has 0 fully saturated rings. The Morgan fingerprint density at radius 3 is 2.69 bits per heavy atom. The minimum atomic E-state index is 0.623. The van der Waals surface area contributed by atoms with Crippen LogP contribution < -0.4 is 5.73 Å². The molecule has 84 valence electrons. The summed E-state index contributed by atoms with van der Waals surface area (Å²) in [5, 5.41) is 0.646. The average Bonchev–Trinajstić information content (AvgIpc) is 2.50. The number of rotatable bonds is 1. The van der Waals surface area contributed by atoms with Crippen LogP contribution in [-0.2, 0) is 7.05 Å². The van der Waals surface area contributed by atoms with Gasteiger partial charge in [0.15, 0.2) is 0 Å². The van der Waals surface area contributed by atoms with Crippen LogP contribution in [0, 0.1) is 6.92 Å². The molecule has 0 aliphatic rings. The van der Waals surface area contributed by atoms with Gasteiger partial charge in [0.25, 0.3) is 0 Å². The Kier molecular flexibility index (Phi) is 2.95. The highest BCUT2D eigenvalue weighted by Gasteiger charge is 2.14. The molecule has 0 unspecified atom stereocenters. The largest absolute Gasteiger partial charge is 0.383 e. The molecule has 0 amide bonds. The minimum Gasteiger partial charge on any atom is -0.383 e. The van der Waals surface area contributed by atoms with Gasteiger partial charge in [-0.1, -0.05) is 27.5 Å². The number of nitrogen functional groups attached to an aromatic ring is 1. The zero-order chi connectivity index (χ0) is 11.9. The summed E-state index contributed by atoms with van der Waals surface area (Å²) in [5.74, 6) is 1.49. The molecule has 1 aromatic heterocycles. The van der Waals surface area contributed by atoms with Crippen LogP contribution in [0.1, 0.15) is 5.82 Å². The van der Waals surface area contributed by atoms with Crippen LogP contribution in [0.3, 0.4) is 0 Å². The van der Waals surface area contributed by atoms with Crippen molar-refractivity contribution in [3.8, 4) is 11.3 Å². The predicted octanol–water partition coefficient (Wildman–Crippen LogP) is 3.39. The molecule has 0 bridgehead atoms. The SMILES string of the molecule is Cc1nc(-c2cc(Br)ccc2Cl)c(N)n1C. The van der Waals surface area contributed by atoms with Crippen molar-refractivity contribution in [2.24, 2.45) is 7.05 Å². The smallest absolute Gasteiger partial charge is 0.131 e. The Morgan fingerprint density at radius 2 is 2.12 bits per heavy atom. The van der Waals surface area contributed by atoms with Crippen molar-refractivity contribution in [1.82, 2.24) is 9.55 Å². The second-order valence-electron chi connectivity index (χ2n) is 3.58. The lowest BCUT2D eigenvalue weighted by atomic mass is 10.1. The van der Waals surface area contributed by atoms with Crippen molar-refractivity contribution in [2.75, 3.05) is 5.73 Å². The quantitative estimate of drug-likeness (QED) is 0.877. The van der Waals surface area contributed by atoms with Crippen molar-refractivity contribution >= 4 is 33.3 Å². The van der Waals surface area contributed by atoms with E-state index in [1.807, 2.05) is 36.7 Å². The molecule has 1 heterocycles. The molecule has 0 saturated carbocycles. The van der Waals surface area contributed by atoms with Gasteiger partial charge in [0.05, 0.1) is 5.02 Å². The lowest BCUT2D eigenvalue weighted by molar-refractivity contribution is 0.868. The van der Waals surface area contributed by atoms with Gasteiger partial charge in [-0.05, 0) is 25.1 Å². The van der Waals surface area contributed by atoms with Crippen molar-refractivity contribution in [2.45, 2.75) is 6.92 Å². The third-order valence-electron chi connectivity index (χ3n) is 2.55. The zero-order valence-corrected chi connectivity index (χ0v) is 11.3. The lowest BCUT2D eigenvalue weighted by Crippen LogP contribution is -1.98. The summed E-state index contributed by atoms with van der Waals surface area (Å²) in [6.45, 7) is 1.91. The van der Waals surface area contributed by atoms with Gasteiger partial charge >= 0.3 is 0 Å². The lowest BCUT2D eigenvalue weighted by Gasteiger charge is -2.03. The molecule has 2 N–H and O–H groups in total. The van der Waals surface area contributed by atoms with E-state index in [-0.39, 0.29) is 0 Å². The second kappa shape index (κ2) is 4.11. The fourth-order valence-electron chi connectivity index (χ4n) is 1.50. The van der Waals surface area contributed by atoms with Crippen LogP contribution in [0.5, 0.6) is 0 Å². The van der Waals surface area contributed by atoms with Gasteiger partial charge < -0.3 is 10.3 Å². The number of halogens is 2. The van der Waals surface area contributed by atoms with Crippen molar-refractivity contribution in [3.05, 3.63) is 33.5 Å². The van der Waals surface area contributed by atoms with E-state index in [4.69, 9.17) is 17.3 Å². The highest BCUT2D eigenvalue weighted by atomic mass is 79.9. The molecule has 0 saturated heterocycles. The molecule has 16 heavy (non-hydrogen) atoms. The highest BCUT2D eigenvalue weighted by molar-refractivity contribution is 9.10. The topological polar surface area (TPSA) is 43.8 Å². The van der Waals surface area contributed by atoms with E-state index in [1.54, 1.807) is 0 Å². The van der Waals surface area contributed by atoms with Gasteiger partial charge in [-0.15, -0.1) is 0 Å². The standard InChI is InChI=1S/C11H11BrClN3/c1-6-15-10(11(14)16(6)2)8-5-7(12)3-4-9(8)13/h3-5H,14H2,1-2H3. The molecule has 1 aromatic carbocycles. The van der Waals surface area contributed by atoms with Gasteiger partial charge in [0.2, 0.25) is 0 Å². The number of imidazole rings is 1. The molecule has 2 rings (SSSR count). The third kappa shape index (κ3) is 1.83. The molecule has 5 heteroatoms. The molecule has 2 aromatic rings. The van der Waals surface area contributed by atoms with E-state index < -0.39 is 0 Å². The van der Waals surface area contributed by atoms with E-state index in [0.29, 0.717) is 10.8 Å². The molecule has 0 atom stereocenters. The maximum atomic E-state index is 6.14. The van der Waals surface area contributed by atoms with Gasteiger partial charge in [-0.2, -0.15) is 0 Å². The average molecular weight is 301 g/mol. The van der Waals surface area contributed by atoms with Crippen molar-refractivity contribution in [3.63, 3.8) is 0 Å². The Morgan fingerprint density at radius 1 is 1.44 bits per heavy atom. The highest BCUT2D eigenvalue weighted by Crippen LogP contribution is 2.33. The van der Waals surface area contributed by atoms with Crippen molar-refractivity contribution in [1.29, 1.82) is 0 Å². The number of hydrogen-bond donors (Lipinski definition) is 1. The number of benzene rings is 1. The molecule has 0 spiro atoms. The maximum absolute atomic E-state index is 6.14. The summed E-state index contributed by atoms with van der Waals surface area (Å²) in [7, 11) is 1.88. The Bertz CT molecular complexity index is 548. The van der Waals surface area contributed by atoms with E-state index in [9.17, 15) is 0 Å². The van der Waals surface area contributed by atoms with Crippen LogP contribution in [0.15, 0.2) is 22.7 Å². The summed E-state index contributed by atoms with van der Waals surface area (Å²) in [6, 6.07) is 5.63. The molecular weight excluding hydrogens is 289 g/mol. The predicted molar refractivity (Wildman–Crippen MR) is 70.5 cm³/mol. The van der Waals surface area contributed by atoms with Crippen LogP contribution in [-0.4, -0.2) is 9.55 Å². The van der Waals surface area contributed by atoms with Crippen LogP contribution >= 0.6 is 27.5 Å². The van der Waals surface area contributed by atoms with Crippen molar-refractivity contribution < 1.29 is 0 Å². The minimum absolute atomic E-state index is 0.623. The molecule has 0 aliphatic heterocycles. The van der Waals surface area contributed by atoms with Crippen LogP contribution in [0.2, 0.25) is 5.02 Å². The summed E-state index contributed by atoms with van der Waals surface area (Å²) in [6.07, 6.45) is 0. The van der Waals surface area contributed by atoms with Gasteiger partial charge in [0.1, 0.15) is 17.3 Å². The first-order chi connectivity index (χ1) is 7.50. The summed E-state index contributed by atoms with van der Waals surface area (Å²) >= 11 is 9.55. The fourth-order valence-corrected chi connectivity index (χ4v) is 2.07. The van der Waals surface area contributed by atoms with Gasteiger partial charge in [-0.25, -0.2) is 4.98 Å². The monoisotopic (exact) mass is 299 g/mol. The Labute approximate surface area is 107 Å². The first-order valence-corrected chi connectivity index (χ1v) is 5.92. The molecule has 0 radical (unpaired) electrons. The summed E-state index contributed by atoms with van der Waals surface area (Å²) < 4.78 is 2.79. The van der Waals surface area contributed by atoms with E-state index in [0.717, 1.165) is 21.6 Å². The first kappa shape index (κ1) is 11.5. The van der Waals surface area contributed by atoms with Gasteiger partial charge in [0, 0.05) is 17.1 Å². The van der Waals surface area contributed by atoms with E-state index >= 15 is 0 Å². The number of hydrogen-bond acceptors (Lipinski definition) is 2. The fraction of sp³-hybridized carbons (Fsp3) is 0.182. The molecular formula is C11H11BrClN3. The summed E-state index contributed by atoms with van der Waals surface area (Å²) in [5.41, 5.74) is 7.55. The number of aryl methyl sites for hydroxylation is 1. The molecule has 0 aliphatic carbocycles. The summed E-state index contributed by atoms with van der Waals surface area (Å²) in [4.78, 5) is 4.41.